The lowest BCUT2D eigenvalue weighted by Gasteiger charge is -2.05. The molecule has 0 bridgehead atoms. The third-order valence-corrected chi connectivity index (χ3v) is 1.53. The third kappa shape index (κ3) is 15.6. The Morgan fingerprint density at radius 1 is 1.00 bits per heavy atom. The first-order valence-corrected chi connectivity index (χ1v) is 3.89. The normalized spacial score (nSPS) is 10.3. The molecule has 1 nitrogen and oxygen atoms in total. The highest BCUT2D eigenvalue weighted by molar-refractivity contribution is 4.66. The number of hydrogen-bond acceptors (Lipinski definition) is 1. The molecule has 0 aliphatic rings. The molecule has 0 aliphatic carbocycles. The van der Waals surface area contributed by atoms with Crippen LogP contribution in [0, 0.1) is 11.8 Å². The van der Waals surface area contributed by atoms with Gasteiger partial charge >= 0.3 is 0 Å². The SMILES string of the molecule is CC(C)C(C)C.CC=CN. The van der Waals surface area contributed by atoms with Crippen LogP contribution in [0.5, 0.6) is 0 Å². The van der Waals surface area contributed by atoms with Crippen molar-refractivity contribution >= 4 is 0 Å². The fourth-order valence-electron chi connectivity index (χ4n) is 0. The summed E-state index contributed by atoms with van der Waals surface area (Å²) in [6.45, 7) is 10.8. The molecule has 0 spiro atoms. The zero-order valence-electron chi connectivity index (χ0n) is 7.89. The van der Waals surface area contributed by atoms with Crippen LogP contribution in [0.1, 0.15) is 34.6 Å². The van der Waals surface area contributed by atoms with Gasteiger partial charge in [-0.05, 0) is 25.0 Å². The minimum absolute atomic E-state index is 0.852. The molecule has 0 fully saturated rings. The maximum absolute atomic E-state index is 4.85. The van der Waals surface area contributed by atoms with Crippen molar-refractivity contribution in [3.63, 3.8) is 0 Å². The molecule has 10 heavy (non-hydrogen) atoms. The maximum atomic E-state index is 4.85. The van der Waals surface area contributed by atoms with E-state index in [-0.39, 0.29) is 0 Å². The van der Waals surface area contributed by atoms with E-state index < -0.39 is 0 Å². The Bertz CT molecular complexity index is 62.8. The Morgan fingerprint density at radius 2 is 1.20 bits per heavy atom. The Balaban J connectivity index is 0. The Hall–Kier alpha value is -0.460. The highest BCUT2D eigenvalue weighted by atomic mass is 14.5. The predicted octanol–water partition coefficient (Wildman–Crippen LogP) is 2.78. The van der Waals surface area contributed by atoms with Crippen LogP contribution in [0.3, 0.4) is 0 Å². The molecular weight excluding hydrogens is 122 g/mol. The number of nitrogens with two attached hydrogens (primary N) is 1. The minimum Gasteiger partial charge on any atom is -0.405 e. The quantitative estimate of drug-likeness (QED) is 0.600. The molecule has 0 atom stereocenters. The standard InChI is InChI=1S/C6H14.C3H7N/c1-5(2)6(3)4;1-2-3-4/h5-6H,1-4H3;2-3H,4H2,1H3. The Morgan fingerprint density at radius 3 is 1.20 bits per heavy atom. The van der Waals surface area contributed by atoms with Crippen LogP contribution in [0.4, 0.5) is 0 Å². The second-order valence-corrected chi connectivity index (χ2v) is 3.01. The molecule has 0 aromatic rings. The van der Waals surface area contributed by atoms with Crippen molar-refractivity contribution in [2.75, 3.05) is 0 Å². The summed E-state index contributed by atoms with van der Waals surface area (Å²) in [6.07, 6.45) is 3.28. The van der Waals surface area contributed by atoms with Gasteiger partial charge in [0.25, 0.3) is 0 Å². The summed E-state index contributed by atoms with van der Waals surface area (Å²) in [5, 5.41) is 0. The molecule has 1 heteroatoms. The van der Waals surface area contributed by atoms with Gasteiger partial charge in [0.1, 0.15) is 0 Å². The van der Waals surface area contributed by atoms with E-state index in [0.717, 1.165) is 11.8 Å². The van der Waals surface area contributed by atoms with Crippen molar-refractivity contribution in [3.8, 4) is 0 Å². The van der Waals surface area contributed by atoms with E-state index in [2.05, 4.69) is 27.7 Å². The van der Waals surface area contributed by atoms with E-state index in [4.69, 9.17) is 5.73 Å². The molecule has 0 saturated carbocycles. The smallest absolute Gasteiger partial charge is 0.0106 e. The average Bonchev–Trinajstić information content (AvgIpc) is 1.89. The fraction of sp³-hybridized carbons (Fsp3) is 0.778. The van der Waals surface area contributed by atoms with Crippen molar-refractivity contribution in [1.29, 1.82) is 0 Å². The van der Waals surface area contributed by atoms with Gasteiger partial charge in [0.15, 0.2) is 0 Å². The summed E-state index contributed by atoms with van der Waals surface area (Å²) in [5.74, 6) is 1.70. The third-order valence-electron chi connectivity index (χ3n) is 1.53. The Labute approximate surface area is 65.3 Å². The number of allylic oxidation sites excluding steroid dienone is 1. The molecule has 0 aliphatic heterocycles. The summed E-state index contributed by atoms with van der Waals surface area (Å²) >= 11 is 0. The molecule has 0 aromatic heterocycles. The topological polar surface area (TPSA) is 26.0 Å². The monoisotopic (exact) mass is 143 g/mol. The summed E-state index contributed by atoms with van der Waals surface area (Å²) < 4.78 is 0. The van der Waals surface area contributed by atoms with E-state index in [1.807, 2.05) is 6.92 Å². The van der Waals surface area contributed by atoms with Crippen molar-refractivity contribution in [2.45, 2.75) is 34.6 Å². The van der Waals surface area contributed by atoms with Crippen LogP contribution in [-0.2, 0) is 0 Å². The lowest BCUT2D eigenvalue weighted by molar-refractivity contribution is 0.457. The lowest BCUT2D eigenvalue weighted by atomic mass is 10.0. The van der Waals surface area contributed by atoms with Crippen LogP contribution < -0.4 is 5.73 Å². The summed E-state index contributed by atoms with van der Waals surface area (Å²) in [4.78, 5) is 0. The minimum atomic E-state index is 0.852. The van der Waals surface area contributed by atoms with E-state index in [0.29, 0.717) is 0 Å². The molecular formula is C9H21N. The number of hydrogen-bond donors (Lipinski definition) is 1. The molecule has 2 N–H and O–H groups in total. The van der Waals surface area contributed by atoms with E-state index in [9.17, 15) is 0 Å². The first kappa shape index (κ1) is 12.2. The summed E-state index contributed by atoms with van der Waals surface area (Å²) in [7, 11) is 0. The fourth-order valence-corrected chi connectivity index (χ4v) is 0. The van der Waals surface area contributed by atoms with Gasteiger partial charge in [0.05, 0.1) is 0 Å². The zero-order chi connectivity index (χ0) is 8.57. The van der Waals surface area contributed by atoms with E-state index >= 15 is 0 Å². The second-order valence-electron chi connectivity index (χ2n) is 3.01. The Kier molecular flexibility index (Phi) is 10.5. The molecule has 0 unspecified atom stereocenters. The van der Waals surface area contributed by atoms with Gasteiger partial charge in [0.2, 0.25) is 0 Å². The lowest BCUT2D eigenvalue weighted by Crippen LogP contribution is -1.95. The van der Waals surface area contributed by atoms with Crippen LogP contribution in [-0.4, -0.2) is 0 Å². The predicted molar refractivity (Wildman–Crippen MR) is 48.7 cm³/mol. The first-order chi connectivity index (χ1) is 4.56. The van der Waals surface area contributed by atoms with Crippen LogP contribution in [0.15, 0.2) is 12.3 Å². The second kappa shape index (κ2) is 8.54. The maximum Gasteiger partial charge on any atom is -0.0106 e. The van der Waals surface area contributed by atoms with Gasteiger partial charge in [0, 0.05) is 0 Å². The molecule has 0 saturated heterocycles. The molecule has 0 amide bonds. The van der Waals surface area contributed by atoms with Gasteiger partial charge in [-0.1, -0.05) is 33.8 Å². The van der Waals surface area contributed by atoms with Gasteiger partial charge in [-0.15, -0.1) is 0 Å². The van der Waals surface area contributed by atoms with Crippen molar-refractivity contribution < 1.29 is 0 Å². The molecule has 62 valence electrons. The summed E-state index contributed by atoms with van der Waals surface area (Å²) in [5.41, 5.74) is 4.85. The van der Waals surface area contributed by atoms with Gasteiger partial charge in [-0.2, -0.15) is 0 Å². The average molecular weight is 143 g/mol. The largest absolute Gasteiger partial charge is 0.405 e. The molecule has 0 radical (unpaired) electrons. The highest BCUT2D eigenvalue weighted by Gasteiger charge is 1.95. The highest BCUT2D eigenvalue weighted by Crippen LogP contribution is 2.05. The van der Waals surface area contributed by atoms with Crippen LogP contribution in [0.25, 0.3) is 0 Å². The zero-order valence-corrected chi connectivity index (χ0v) is 7.89. The van der Waals surface area contributed by atoms with Gasteiger partial charge < -0.3 is 5.73 Å². The van der Waals surface area contributed by atoms with E-state index in [1.54, 1.807) is 6.08 Å². The van der Waals surface area contributed by atoms with E-state index in [1.165, 1.54) is 6.20 Å². The molecule has 0 rings (SSSR count). The molecule has 0 aromatic carbocycles. The van der Waals surface area contributed by atoms with Crippen molar-refractivity contribution in [2.24, 2.45) is 17.6 Å². The van der Waals surface area contributed by atoms with Crippen molar-refractivity contribution in [3.05, 3.63) is 12.3 Å². The van der Waals surface area contributed by atoms with Crippen LogP contribution >= 0.6 is 0 Å². The summed E-state index contributed by atoms with van der Waals surface area (Å²) in [6, 6.07) is 0. The van der Waals surface area contributed by atoms with Gasteiger partial charge in [-0.25, -0.2) is 0 Å². The van der Waals surface area contributed by atoms with Crippen LogP contribution in [0.2, 0.25) is 0 Å². The first-order valence-electron chi connectivity index (χ1n) is 3.89. The molecule has 0 heterocycles. The van der Waals surface area contributed by atoms with Gasteiger partial charge in [-0.3, -0.25) is 0 Å². The van der Waals surface area contributed by atoms with Crippen molar-refractivity contribution in [1.82, 2.24) is 0 Å². The number of rotatable bonds is 1.